The summed E-state index contributed by atoms with van der Waals surface area (Å²) in [7, 11) is 1.46. The van der Waals surface area contributed by atoms with Crippen LogP contribution in [-0.4, -0.2) is 80.3 Å². The average molecular weight is 541 g/mol. The summed E-state index contributed by atoms with van der Waals surface area (Å²) in [5.41, 5.74) is 5.75. The van der Waals surface area contributed by atoms with Crippen molar-refractivity contribution in [2.24, 2.45) is 0 Å². The molecule has 0 unspecified atom stereocenters. The highest BCUT2D eigenvalue weighted by Crippen LogP contribution is 2.22. The quantitative estimate of drug-likeness (QED) is 0.380. The molecule has 0 saturated carbocycles. The minimum absolute atomic E-state index is 0.109. The molecule has 0 radical (unpaired) electrons. The summed E-state index contributed by atoms with van der Waals surface area (Å²) in [5, 5.41) is 14.8. The van der Waals surface area contributed by atoms with Crippen LogP contribution in [0.4, 0.5) is 4.79 Å². The van der Waals surface area contributed by atoms with Gasteiger partial charge in [0, 0.05) is 38.3 Å². The lowest BCUT2D eigenvalue weighted by molar-refractivity contribution is 0.0565. The Morgan fingerprint density at radius 2 is 1.97 bits per heavy atom. The number of amides is 3. The first kappa shape index (κ1) is 27.7. The van der Waals surface area contributed by atoms with Crippen LogP contribution in [0, 0.1) is 13.8 Å². The van der Waals surface area contributed by atoms with Gasteiger partial charge in [0.25, 0.3) is 5.91 Å². The first-order chi connectivity index (χ1) is 18.4. The number of likely N-dealkylation sites (tertiary alicyclic amines) is 1. The fourth-order valence-electron chi connectivity index (χ4n) is 5.00. The van der Waals surface area contributed by atoms with Crippen LogP contribution < -0.4 is 10.8 Å². The van der Waals surface area contributed by atoms with Crippen LogP contribution in [0.25, 0.3) is 5.82 Å². The second-order valence-electron chi connectivity index (χ2n) is 9.66. The molecule has 1 saturated heterocycles. The zero-order valence-corrected chi connectivity index (χ0v) is 23.2. The molecule has 204 valence electrons. The van der Waals surface area contributed by atoms with E-state index >= 15 is 0 Å². The molecule has 1 fully saturated rings. The molecule has 12 heteroatoms. The molecule has 4 rings (SSSR count). The third kappa shape index (κ3) is 6.74. The summed E-state index contributed by atoms with van der Waals surface area (Å²) >= 11 is 1.63. The van der Waals surface area contributed by atoms with E-state index in [0.29, 0.717) is 36.2 Å². The Hall–Kier alpha value is -3.35. The van der Waals surface area contributed by atoms with Gasteiger partial charge in [0.2, 0.25) is 0 Å². The Labute approximate surface area is 227 Å². The van der Waals surface area contributed by atoms with E-state index < -0.39 is 0 Å². The third-order valence-electron chi connectivity index (χ3n) is 7.09. The van der Waals surface area contributed by atoms with Crippen molar-refractivity contribution in [2.75, 3.05) is 26.7 Å². The molecule has 3 amide bonds. The van der Waals surface area contributed by atoms with E-state index in [4.69, 9.17) is 4.84 Å². The van der Waals surface area contributed by atoms with Gasteiger partial charge in [0.05, 0.1) is 18.4 Å². The first-order valence-electron chi connectivity index (χ1n) is 12.8. The Morgan fingerprint density at radius 1 is 1.24 bits per heavy atom. The lowest BCUT2D eigenvalue weighted by atomic mass is 10.0. The molecule has 0 aromatic carbocycles. The van der Waals surface area contributed by atoms with Crippen molar-refractivity contribution in [1.82, 2.24) is 40.3 Å². The van der Waals surface area contributed by atoms with Crippen molar-refractivity contribution in [3.8, 4) is 5.82 Å². The van der Waals surface area contributed by atoms with Gasteiger partial charge in [-0.05, 0) is 74.1 Å². The van der Waals surface area contributed by atoms with Crippen molar-refractivity contribution in [2.45, 2.75) is 58.7 Å². The number of aromatic nitrogens is 4. The average Bonchev–Trinajstić information content (AvgIpc) is 3.62. The zero-order valence-electron chi connectivity index (χ0n) is 22.4. The van der Waals surface area contributed by atoms with Crippen LogP contribution in [-0.2, 0) is 11.4 Å². The Kier molecular flexibility index (Phi) is 9.43. The van der Waals surface area contributed by atoms with Crippen molar-refractivity contribution >= 4 is 23.3 Å². The summed E-state index contributed by atoms with van der Waals surface area (Å²) in [6.45, 7) is 8.89. The van der Waals surface area contributed by atoms with Gasteiger partial charge in [-0.15, -0.1) is 10.2 Å². The molecule has 0 spiro atoms. The van der Waals surface area contributed by atoms with Gasteiger partial charge in [-0.3, -0.25) is 14.2 Å². The molecular weight excluding hydrogens is 504 g/mol. The number of carbonyl (C=O) groups is 2. The largest absolute Gasteiger partial charge is 0.352 e. The summed E-state index contributed by atoms with van der Waals surface area (Å²) in [5.74, 6) is 0.578. The van der Waals surface area contributed by atoms with Crippen LogP contribution >= 0.6 is 11.3 Å². The normalized spacial score (nSPS) is 15.3. The highest BCUT2D eigenvalue weighted by Gasteiger charge is 2.30. The van der Waals surface area contributed by atoms with Crippen LogP contribution in [0.15, 0.2) is 35.5 Å². The van der Waals surface area contributed by atoms with Crippen LogP contribution in [0.3, 0.4) is 0 Å². The molecule has 3 aromatic heterocycles. The maximum absolute atomic E-state index is 13.0. The standard InChI is InChI=1S/C26H36N8O3S/c1-18-13-23(33-16-28-29-17-33)30-20(3)24(18)25(35)27-9-5-19(2)32-10-6-22(7-11-32)34(26(36)31-37-4)14-21-8-12-38-15-21/h8,12-13,15-17,19,22H,5-7,9-11,14H2,1-4H3,(H,27,35)(H,31,36)/t19-/m1/s1. The number of piperidine rings is 1. The molecule has 1 aliphatic rings. The number of urea groups is 1. The highest BCUT2D eigenvalue weighted by molar-refractivity contribution is 7.07. The first-order valence-corrected chi connectivity index (χ1v) is 13.8. The van der Waals surface area contributed by atoms with E-state index in [9.17, 15) is 9.59 Å². The molecule has 3 aromatic rings. The second-order valence-corrected chi connectivity index (χ2v) is 10.4. The van der Waals surface area contributed by atoms with Crippen LogP contribution in [0.5, 0.6) is 0 Å². The summed E-state index contributed by atoms with van der Waals surface area (Å²) in [6.07, 6.45) is 5.78. The summed E-state index contributed by atoms with van der Waals surface area (Å²) in [4.78, 5) is 39.4. The van der Waals surface area contributed by atoms with E-state index in [0.717, 1.165) is 43.5 Å². The fraction of sp³-hybridized carbons (Fsp3) is 0.500. The predicted octanol–water partition coefficient (Wildman–Crippen LogP) is 3.09. The Balaban J connectivity index is 1.26. The van der Waals surface area contributed by atoms with Gasteiger partial charge in [-0.25, -0.2) is 15.3 Å². The molecule has 0 aliphatic carbocycles. The van der Waals surface area contributed by atoms with Crippen molar-refractivity contribution in [1.29, 1.82) is 0 Å². The molecule has 4 heterocycles. The van der Waals surface area contributed by atoms with Gasteiger partial charge in [-0.2, -0.15) is 11.3 Å². The summed E-state index contributed by atoms with van der Waals surface area (Å²) in [6, 6.07) is 4.17. The smallest absolute Gasteiger partial charge is 0.341 e. The second kappa shape index (κ2) is 12.9. The number of hydrogen-bond acceptors (Lipinski definition) is 8. The predicted molar refractivity (Wildman–Crippen MR) is 145 cm³/mol. The van der Waals surface area contributed by atoms with Gasteiger partial charge >= 0.3 is 6.03 Å². The lowest BCUT2D eigenvalue weighted by Gasteiger charge is -2.40. The van der Waals surface area contributed by atoms with E-state index in [1.165, 1.54) is 7.11 Å². The third-order valence-corrected chi connectivity index (χ3v) is 7.82. The number of thiophene rings is 1. The Morgan fingerprint density at radius 3 is 2.61 bits per heavy atom. The number of hydrogen-bond donors (Lipinski definition) is 2. The van der Waals surface area contributed by atoms with Gasteiger partial charge < -0.3 is 15.1 Å². The molecule has 1 aliphatic heterocycles. The monoisotopic (exact) mass is 540 g/mol. The van der Waals surface area contributed by atoms with Crippen LogP contribution in [0.1, 0.15) is 53.4 Å². The number of nitrogens with one attached hydrogen (secondary N) is 2. The van der Waals surface area contributed by atoms with Gasteiger partial charge in [0.1, 0.15) is 18.5 Å². The number of nitrogens with zero attached hydrogens (tertiary/aromatic N) is 6. The molecule has 11 nitrogen and oxygen atoms in total. The van der Waals surface area contributed by atoms with E-state index in [-0.39, 0.29) is 18.0 Å². The maximum Gasteiger partial charge on any atom is 0.341 e. The molecular formula is C26H36N8O3S. The minimum Gasteiger partial charge on any atom is -0.352 e. The Bertz CT molecular complexity index is 1170. The van der Waals surface area contributed by atoms with Gasteiger partial charge in [-0.1, -0.05) is 0 Å². The molecule has 0 bridgehead atoms. The number of hydroxylamine groups is 1. The number of pyridine rings is 1. The summed E-state index contributed by atoms with van der Waals surface area (Å²) < 4.78 is 1.72. The maximum atomic E-state index is 13.0. The van der Waals surface area contributed by atoms with Crippen molar-refractivity contribution in [3.05, 3.63) is 57.9 Å². The molecule has 2 N–H and O–H groups in total. The SMILES string of the molecule is CONC(=O)N(Cc1ccsc1)C1CCN([C@H](C)CCNC(=O)c2c(C)cc(-n3cnnc3)nc2C)CC1. The minimum atomic E-state index is -0.206. The van der Waals surface area contributed by atoms with E-state index in [2.05, 4.69) is 43.2 Å². The zero-order chi connectivity index (χ0) is 27.1. The molecule has 38 heavy (non-hydrogen) atoms. The number of aryl methyl sites for hydroxylation is 2. The topological polar surface area (TPSA) is 118 Å². The lowest BCUT2D eigenvalue weighted by Crippen LogP contribution is -2.51. The van der Waals surface area contributed by atoms with Gasteiger partial charge in [0.15, 0.2) is 0 Å². The number of carbonyl (C=O) groups excluding carboxylic acids is 2. The van der Waals surface area contributed by atoms with Crippen molar-refractivity contribution < 1.29 is 14.4 Å². The molecule has 1 atom stereocenters. The number of rotatable bonds is 10. The van der Waals surface area contributed by atoms with Crippen molar-refractivity contribution in [3.63, 3.8) is 0 Å². The van der Waals surface area contributed by atoms with E-state index in [1.807, 2.05) is 36.3 Å². The van der Waals surface area contributed by atoms with Crippen LogP contribution in [0.2, 0.25) is 0 Å². The van der Waals surface area contributed by atoms with E-state index in [1.54, 1.807) is 28.6 Å². The highest BCUT2D eigenvalue weighted by atomic mass is 32.1. The fourth-order valence-corrected chi connectivity index (χ4v) is 5.66.